The number of aryl methyl sites for hydroxylation is 3. The maximum Gasteiger partial charge on any atom is 0.329 e. The predicted molar refractivity (Wildman–Crippen MR) is 195 cm³/mol. The Hall–Kier alpha value is -6.22. The van der Waals surface area contributed by atoms with Gasteiger partial charge in [-0.1, -0.05) is 66.7 Å². The molecule has 0 saturated carbocycles. The average Bonchev–Trinajstić information content (AvgIpc) is 3.17. The Morgan fingerprint density at radius 3 is 1.92 bits per heavy atom. The number of esters is 1. The van der Waals surface area contributed by atoms with Crippen LogP contribution in [0, 0.1) is 6.92 Å². The van der Waals surface area contributed by atoms with E-state index in [1.54, 1.807) is 31.2 Å². The Morgan fingerprint density at radius 2 is 1.31 bits per heavy atom. The van der Waals surface area contributed by atoms with Crippen LogP contribution in [0.25, 0.3) is 11.1 Å². The number of benzene rings is 5. The monoisotopic (exact) mass is 695 g/mol. The number of fused-ring (bicyclic) bond motifs is 5. The summed E-state index contributed by atoms with van der Waals surface area (Å²) in [4.78, 5) is 55.5. The van der Waals surface area contributed by atoms with Crippen LogP contribution in [-0.4, -0.2) is 50.8 Å². The van der Waals surface area contributed by atoms with Crippen molar-refractivity contribution in [3.8, 4) is 28.4 Å². The molecule has 0 bridgehead atoms. The molecule has 1 N–H and O–H groups in total. The second-order valence-corrected chi connectivity index (χ2v) is 12.9. The Bertz CT molecular complexity index is 2220. The summed E-state index contributed by atoms with van der Waals surface area (Å²) in [6.45, 7) is 3.41. The number of hydrogen-bond donors (Lipinski definition) is 1. The third kappa shape index (κ3) is 5.88. The number of nitrogens with one attached hydrogen (secondary N) is 1. The predicted octanol–water partition coefficient (Wildman–Crippen LogP) is 7.01. The summed E-state index contributed by atoms with van der Waals surface area (Å²) in [6, 6.07) is 26.4. The van der Waals surface area contributed by atoms with Gasteiger partial charge in [-0.15, -0.1) is 0 Å². The van der Waals surface area contributed by atoms with E-state index in [1.807, 2.05) is 73.7 Å². The van der Waals surface area contributed by atoms with Gasteiger partial charge in [0.2, 0.25) is 0 Å². The fourth-order valence-electron chi connectivity index (χ4n) is 7.26. The minimum atomic E-state index is -1.00. The molecule has 9 nitrogen and oxygen atoms in total. The van der Waals surface area contributed by atoms with Crippen LogP contribution in [0.3, 0.4) is 0 Å². The average molecular weight is 696 g/mol. The summed E-state index contributed by atoms with van der Waals surface area (Å²) in [6.07, 6.45) is 0.577. The van der Waals surface area contributed by atoms with Gasteiger partial charge in [-0.2, -0.15) is 0 Å². The van der Waals surface area contributed by atoms with Crippen molar-refractivity contribution in [2.75, 3.05) is 21.3 Å². The second kappa shape index (κ2) is 13.8. The van der Waals surface area contributed by atoms with E-state index >= 15 is 0 Å². The molecule has 0 heterocycles. The van der Waals surface area contributed by atoms with Crippen LogP contribution in [0.4, 0.5) is 0 Å². The lowest BCUT2D eigenvalue weighted by Gasteiger charge is -2.28. The Balaban J connectivity index is 1.22. The normalized spacial score (nSPS) is 13.3. The third-order valence-electron chi connectivity index (χ3n) is 9.80. The first-order valence-corrected chi connectivity index (χ1v) is 17.0. The van der Waals surface area contributed by atoms with Crippen LogP contribution >= 0.6 is 0 Å². The maximum atomic E-state index is 14.0. The SMILES string of the molecule is COc1cc(OC)c2c(c1)C(=O)c1cc3c(cc1C2=O)CCc1cc(C)c(C(=O)N[C@H](C)C(=O)OC(c2ccccc2)c2ccccc2)c(OC)c1-3. The van der Waals surface area contributed by atoms with Gasteiger partial charge >= 0.3 is 5.97 Å². The number of amides is 1. The molecule has 5 aromatic rings. The minimum Gasteiger partial charge on any atom is -0.497 e. The van der Waals surface area contributed by atoms with Gasteiger partial charge in [-0.25, -0.2) is 4.79 Å². The minimum absolute atomic E-state index is 0.197. The fourth-order valence-corrected chi connectivity index (χ4v) is 7.26. The van der Waals surface area contributed by atoms with Crippen molar-refractivity contribution in [1.29, 1.82) is 0 Å². The number of ketones is 2. The van der Waals surface area contributed by atoms with E-state index in [-0.39, 0.29) is 39.6 Å². The summed E-state index contributed by atoms with van der Waals surface area (Å²) >= 11 is 0. The van der Waals surface area contributed by atoms with Crippen LogP contribution in [0.1, 0.15) is 83.0 Å². The van der Waals surface area contributed by atoms with Crippen LogP contribution in [0.5, 0.6) is 17.2 Å². The van der Waals surface area contributed by atoms with E-state index in [1.165, 1.54) is 21.3 Å². The van der Waals surface area contributed by atoms with Crippen LogP contribution in [0.2, 0.25) is 0 Å². The summed E-state index contributed by atoms with van der Waals surface area (Å²) in [7, 11) is 4.42. The lowest BCUT2D eigenvalue weighted by molar-refractivity contribution is -0.149. The molecule has 0 fully saturated rings. The highest BCUT2D eigenvalue weighted by molar-refractivity contribution is 6.30. The van der Waals surface area contributed by atoms with Crippen LogP contribution in [0.15, 0.2) is 91.0 Å². The number of carbonyl (C=O) groups is 4. The highest BCUT2D eigenvalue weighted by atomic mass is 16.5. The molecule has 7 rings (SSSR count). The maximum absolute atomic E-state index is 14.0. The van der Waals surface area contributed by atoms with Crippen molar-refractivity contribution < 1.29 is 38.1 Å². The second-order valence-electron chi connectivity index (χ2n) is 12.9. The van der Waals surface area contributed by atoms with Gasteiger partial charge in [0, 0.05) is 28.3 Å². The largest absolute Gasteiger partial charge is 0.497 e. The summed E-state index contributed by atoms with van der Waals surface area (Å²) in [5.74, 6) is -0.781. The third-order valence-corrected chi connectivity index (χ3v) is 9.80. The van der Waals surface area contributed by atoms with Gasteiger partial charge < -0.3 is 24.3 Å². The van der Waals surface area contributed by atoms with Gasteiger partial charge in [0.05, 0.1) is 32.5 Å². The molecular formula is C43H37NO8. The molecule has 1 atom stereocenters. The van der Waals surface area contributed by atoms with Gasteiger partial charge in [0.1, 0.15) is 23.3 Å². The van der Waals surface area contributed by atoms with Crippen LogP contribution < -0.4 is 19.5 Å². The molecule has 2 aliphatic carbocycles. The number of carbonyl (C=O) groups excluding carboxylic acids is 4. The van der Waals surface area contributed by atoms with E-state index in [9.17, 15) is 19.2 Å². The molecular weight excluding hydrogens is 658 g/mol. The zero-order valence-electron chi connectivity index (χ0n) is 29.5. The van der Waals surface area contributed by atoms with Gasteiger partial charge in [-0.05, 0) is 78.3 Å². The van der Waals surface area contributed by atoms with Crippen molar-refractivity contribution in [3.05, 3.63) is 147 Å². The molecule has 0 radical (unpaired) electrons. The molecule has 0 aromatic heterocycles. The van der Waals surface area contributed by atoms with E-state index in [4.69, 9.17) is 18.9 Å². The van der Waals surface area contributed by atoms with Crippen LogP contribution in [-0.2, 0) is 22.4 Å². The van der Waals surface area contributed by atoms with Crippen molar-refractivity contribution >= 4 is 23.4 Å². The first-order valence-electron chi connectivity index (χ1n) is 17.0. The highest BCUT2D eigenvalue weighted by Crippen LogP contribution is 2.46. The van der Waals surface area contributed by atoms with Crippen molar-refractivity contribution in [1.82, 2.24) is 5.32 Å². The number of hydrogen-bond acceptors (Lipinski definition) is 8. The first-order chi connectivity index (χ1) is 25.1. The van der Waals surface area contributed by atoms with Gasteiger partial charge in [0.15, 0.2) is 17.7 Å². The van der Waals surface area contributed by atoms with Gasteiger partial charge in [0.25, 0.3) is 5.91 Å². The molecule has 262 valence electrons. The fraction of sp³-hybridized carbons (Fsp3) is 0.209. The highest BCUT2D eigenvalue weighted by Gasteiger charge is 2.36. The number of ether oxygens (including phenoxy) is 4. The Morgan fingerprint density at radius 1 is 0.673 bits per heavy atom. The molecule has 2 aliphatic rings. The summed E-state index contributed by atoms with van der Waals surface area (Å²) < 4.78 is 22.9. The molecule has 9 heteroatoms. The lowest BCUT2D eigenvalue weighted by Crippen LogP contribution is -2.40. The molecule has 1 amide bonds. The van der Waals surface area contributed by atoms with E-state index in [2.05, 4.69) is 5.32 Å². The van der Waals surface area contributed by atoms with E-state index < -0.39 is 24.0 Å². The smallest absolute Gasteiger partial charge is 0.329 e. The first kappa shape index (κ1) is 34.2. The summed E-state index contributed by atoms with van der Waals surface area (Å²) in [5.41, 5.74) is 6.63. The van der Waals surface area contributed by atoms with Crippen molar-refractivity contribution in [2.45, 2.75) is 38.8 Å². The lowest BCUT2D eigenvalue weighted by atomic mass is 9.76. The Kier molecular flexibility index (Phi) is 9.11. The Labute approximate surface area is 301 Å². The molecule has 5 aromatic carbocycles. The quantitative estimate of drug-likeness (QED) is 0.161. The molecule has 0 spiro atoms. The molecule has 0 unspecified atom stereocenters. The van der Waals surface area contributed by atoms with Crippen molar-refractivity contribution in [2.24, 2.45) is 0 Å². The number of rotatable bonds is 9. The van der Waals surface area contributed by atoms with E-state index in [0.29, 0.717) is 46.6 Å². The van der Waals surface area contributed by atoms with Crippen molar-refractivity contribution in [3.63, 3.8) is 0 Å². The zero-order valence-corrected chi connectivity index (χ0v) is 29.5. The zero-order chi connectivity index (χ0) is 36.7. The number of methoxy groups -OCH3 is 3. The molecule has 52 heavy (non-hydrogen) atoms. The summed E-state index contributed by atoms with van der Waals surface area (Å²) in [5, 5.41) is 2.83. The van der Waals surface area contributed by atoms with Gasteiger partial charge in [-0.3, -0.25) is 14.4 Å². The molecule has 0 saturated heterocycles. The molecule has 0 aliphatic heterocycles. The standard InChI is InChI=1S/C43H37NO8/c1-23-18-28-17-16-27-19-31-32(38(45)33-20-29(49-3)21-34(50-4)37(33)39(31)46)22-30(27)36(28)41(51-5)35(23)42(47)44-24(2)43(48)52-40(25-12-8-6-9-13-25)26-14-10-7-11-15-26/h6-15,18-22,24,40H,16-17H2,1-5H3,(H,44,47)/t24-/m1/s1. The van der Waals surface area contributed by atoms with E-state index in [0.717, 1.165) is 22.3 Å². The topological polar surface area (TPSA) is 117 Å².